The maximum Gasteiger partial charge on any atom is 0.220 e. The molecule has 3 heteroatoms. The molecule has 0 aliphatic carbocycles. The number of rotatable bonds is 1. The molecule has 2 rings (SSSR count). The summed E-state index contributed by atoms with van der Waals surface area (Å²) in [6.07, 6.45) is 0.526. The lowest BCUT2D eigenvalue weighted by atomic mass is 9.82. The molecule has 0 aromatic heterocycles. The Morgan fingerprint density at radius 3 is 2.50 bits per heavy atom. The fourth-order valence-corrected chi connectivity index (χ4v) is 1.84. The Morgan fingerprint density at radius 2 is 2.00 bits per heavy atom. The summed E-state index contributed by atoms with van der Waals surface area (Å²) in [5, 5.41) is 12.0. The average Bonchev–Trinajstić information content (AvgIpc) is 2.48. The second-order valence-corrected chi connectivity index (χ2v) is 4.06. The zero-order valence-electron chi connectivity index (χ0n) is 8.08. The molecule has 0 bridgehead atoms. The van der Waals surface area contributed by atoms with Gasteiger partial charge in [-0.3, -0.25) is 4.79 Å². The van der Waals surface area contributed by atoms with Crippen molar-refractivity contribution in [1.82, 2.24) is 5.32 Å². The van der Waals surface area contributed by atoms with E-state index in [-0.39, 0.29) is 17.1 Å². The van der Waals surface area contributed by atoms with E-state index in [1.54, 1.807) is 12.1 Å². The molecule has 3 nitrogen and oxygen atoms in total. The van der Waals surface area contributed by atoms with Crippen molar-refractivity contribution in [2.75, 3.05) is 6.54 Å². The minimum Gasteiger partial charge on any atom is -0.508 e. The predicted octanol–water partition coefficient (Wildman–Crippen LogP) is 1.17. The Kier molecular flexibility index (Phi) is 1.95. The maximum absolute atomic E-state index is 11.1. The molecule has 1 heterocycles. The summed E-state index contributed by atoms with van der Waals surface area (Å²) in [5.74, 6) is 0.357. The Labute approximate surface area is 82.8 Å². The number of hydrogen-bond acceptors (Lipinski definition) is 2. The van der Waals surface area contributed by atoms with Gasteiger partial charge in [0.1, 0.15) is 5.75 Å². The predicted molar refractivity (Wildman–Crippen MR) is 53.1 cm³/mol. The highest BCUT2D eigenvalue weighted by atomic mass is 16.3. The first kappa shape index (κ1) is 9.06. The van der Waals surface area contributed by atoms with Crippen LogP contribution in [0.15, 0.2) is 24.3 Å². The van der Waals surface area contributed by atoms with E-state index in [2.05, 4.69) is 12.2 Å². The van der Waals surface area contributed by atoms with Crippen molar-refractivity contribution in [2.45, 2.75) is 18.8 Å². The van der Waals surface area contributed by atoms with Crippen molar-refractivity contribution in [2.24, 2.45) is 0 Å². The van der Waals surface area contributed by atoms with Crippen molar-refractivity contribution < 1.29 is 9.90 Å². The largest absolute Gasteiger partial charge is 0.508 e. The summed E-state index contributed by atoms with van der Waals surface area (Å²) in [6, 6.07) is 7.05. The molecule has 1 unspecified atom stereocenters. The fraction of sp³-hybridized carbons (Fsp3) is 0.364. The third-order valence-corrected chi connectivity index (χ3v) is 2.79. The lowest BCUT2D eigenvalue weighted by Gasteiger charge is -2.21. The van der Waals surface area contributed by atoms with Gasteiger partial charge in [0, 0.05) is 18.4 Å². The smallest absolute Gasteiger partial charge is 0.220 e. The zero-order chi connectivity index (χ0) is 10.2. The molecule has 1 aliphatic heterocycles. The number of amides is 1. The van der Waals surface area contributed by atoms with Gasteiger partial charge in [0.05, 0.1) is 0 Å². The molecule has 0 radical (unpaired) electrons. The standard InChI is InChI=1S/C11H13NO2/c1-11(6-10(14)12-7-11)8-2-4-9(13)5-3-8/h2-5,13H,6-7H2,1H3,(H,12,14). The SMILES string of the molecule is CC1(c2ccc(O)cc2)CNC(=O)C1. The number of phenolic OH excluding ortho intramolecular Hbond substituents is 1. The second-order valence-electron chi connectivity index (χ2n) is 4.06. The van der Waals surface area contributed by atoms with Crippen molar-refractivity contribution in [1.29, 1.82) is 0 Å². The molecule has 1 aromatic rings. The van der Waals surface area contributed by atoms with Crippen LogP contribution in [0.3, 0.4) is 0 Å². The van der Waals surface area contributed by atoms with Crippen molar-refractivity contribution in [3.63, 3.8) is 0 Å². The first-order valence-electron chi connectivity index (χ1n) is 4.66. The van der Waals surface area contributed by atoms with Crippen LogP contribution in [-0.2, 0) is 10.2 Å². The van der Waals surface area contributed by atoms with Gasteiger partial charge in [0.25, 0.3) is 0 Å². The molecule has 74 valence electrons. The fourth-order valence-electron chi connectivity index (χ4n) is 1.84. The molecule has 0 saturated carbocycles. The van der Waals surface area contributed by atoms with Crippen LogP contribution in [0.1, 0.15) is 18.9 Å². The zero-order valence-corrected chi connectivity index (χ0v) is 8.08. The lowest BCUT2D eigenvalue weighted by molar-refractivity contribution is -0.119. The van der Waals surface area contributed by atoms with Gasteiger partial charge in [-0.2, -0.15) is 0 Å². The summed E-state index contributed by atoms with van der Waals surface area (Å²) in [7, 11) is 0. The number of hydrogen-bond donors (Lipinski definition) is 2. The number of benzene rings is 1. The molecule has 2 N–H and O–H groups in total. The molecule has 1 atom stereocenters. The van der Waals surface area contributed by atoms with E-state index in [0.717, 1.165) is 5.56 Å². The van der Waals surface area contributed by atoms with Gasteiger partial charge in [-0.1, -0.05) is 19.1 Å². The minimum atomic E-state index is -0.120. The summed E-state index contributed by atoms with van der Waals surface area (Å²) in [4.78, 5) is 11.1. The van der Waals surface area contributed by atoms with Gasteiger partial charge in [0.15, 0.2) is 0 Å². The van der Waals surface area contributed by atoms with Gasteiger partial charge in [-0.25, -0.2) is 0 Å². The van der Waals surface area contributed by atoms with Gasteiger partial charge >= 0.3 is 0 Å². The monoisotopic (exact) mass is 191 g/mol. The van der Waals surface area contributed by atoms with E-state index >= 15 is 0 Å². The molecule has 1 aliphatic rings. The molecule has 1 fully saturated rings. The second kappa shape index (κ2) is 3.01. The van der Waals surface area contributed by atoms with Crippen molar-refractivity contribution in [3.05, 3.63) is 29.8 Å². The number of carbonyl (C=O) groups excluding carboxylic acids is 1. The van der Waals surface area contributed by atoms with E-state index in [0.29, 0.717) is 13.0 Å². The Bertz CT molecular complexity index is 358. The van der Waals surface area contributed by atoms with Crippen LogP contribution in [0.2, 0.25) is 0 Å². The number of phenols is 1. The van der Waals surface area contributed by atoms with E-state index in [1.165, 1.54) is 0 Å². The number of aromatic hydroxyl groups is 1. The third kappa shape index (κ3) is 1.45. The van der Waals surface area contributed by atoms with Crippen LogP contribution >= 0.6 is 0 Å². The molecule has 1 aromatic carbocycles. The van der Waals surface area contributed by atoms with Gasteiger partial charge < -0.3 is 10.4 Å². The van der Waals surface area contributed by atoms with E-state index in [1.807, 2.05) is 12.1 Å². The average molecular weight is 191 g/mol. The van der Waals surface area contributed by atoms with Gasteiger partial charge in [-0.15, -0.1) is 0 Å². The third-order valence-electron chi connectivity index (χ3n) is 2.79. The normalized spacial score (nSPS) is 26.2. The molecular formula is C11H13NO2. The summed E-state index contributed by atoms with van der Waals surface area (Å²) < 4.78 is 0. The van der Waals surface area contributed by atoms with Crippen LogP contribution in [0.5, 0.6) is 5.75 Å². The topological polar surface area (TPSA) is 49.3 Å². The van der Waals surface area contributed by atoms with Gasteiger partial charge in [0.2, 0.25) is 5.91 Å². The van der Waals surface area contributed by atoms with Crippen molar-refractivity contribution >= 4 is 5.91 Å². The molecular weight excluding hydrogens is 178 g/mol. The Balaban J connectivity index is 2.30. The van der Waals surface area contributed by atoms with E-state index in [9.17, 15) is 4.79 Å². The first-order chi connectivity index (χ1) is 6.60. The quantitative estimate of drug-likeness (QED) is 0.700. The van der Waals surface area contributed by atoms with E-state index < -0.39 is 0 Å². The Morgan fingerprint density at radius 1 is 1.36 bits per heavy atom. The number of carbonyl (C=O) groups is 1. The van der Waals surface area contributed by atoms with Crippen LogP contribution in [0.25, 0.3) is 0 Å². The molecule has 14 heavy (non-hydrogen) atoms. The minimum absolute atomic E-state index is 0.0978. The van der Waals surface area contributed by atoms with Crippen molar-refractivity contribution in [3.8, 4) is 5.75 Å². The molecule has 1 amide bonds. The molecule has 0 spiro atoms. The van der Waals surface area contributed by atoms with Crippen LogP contribution in [-0.4, -0.2) is 17.6 Å². The summed E-state index contributed by atoms with van der Waals surface area (Å²) in [5.41, 5.74) is 0.971. The summed E-state index contributed by atoms with van der Waals surface area (Å²) in [6.45, 7) is 2.73. The Hall–Kier alpha value is -1.51. The van der Waals surface area contributed by atoms with Crippen LogP contribution in [0.4, 0.5) is 0 Å². The van der Waals surface area contributed by atoms with Crippen LogP contribution < -0.4 is 5.32 Å². The highest BCUT2D eigenvalue weighted by Crippen LogP contribution is 2.31. The number of nitrogens with one attached hydrogen (secondary N) is 1. The highest BCUT2D eigenvalue weighted by molar-refractivity contribution is 5.80. The summed E-state index contributed by atoms with van der Waals surface area (Å²) >= 11 is 0. The highest BCUT2D eigenvalue weighted by Gasteiger charge is 2.35. The lowest BCUT2D eigenvalue weighted by Crippen LogP contribution is -2.24. The van der Waals surface area contributed by atoms with Crippen LogP contribution in [0, 0.1) is 0 Å². The molecule has 1 saturated heterocycles. The van der Waals surface area contributed by atoms with E-state index in [4.69, 9.17) is 5.11 Å². The maximum atomic E-state index is 11.1. The first-order valence-corrected chi connectivity index (χ1v) is 4.66. The van der Waals surface area contributed by atoms with Gasteiger partial charge in [-0.05, 0) is 17.7 Å².